The van der Waals surface area contributed by atoms with E-state index in [4.69, 9.17) is 14.2 Å². The molecule has 8 nitrogen and oxygen atoms in total. The quantitative estimate of drug-likeness (QED) is 0.0279. The maximum atomic E-state index is 12.6. The van der Waals surface area contributed by atoms with Crippen LogP contribution in [0.2, 0.25) is 0 Å². The van der Waals surface area contributed by atoms with Gasteiger partial charge in [-0.15, -0.1) is 0 Å². The van der Waals surface area contributed by atoms with E-state index >= 15 is 0 Å². The van der Waals surface area contributed by atoms with Crippen LogP contribution in [0, 0.1) is 0 Å². The minimum absolute atomic E-state index is 0.0369. The lowest BCUT2D eigenvalue weighted by molar-refractivity contribution is -0.889. The van der Waals surface area contributed by atoms with Crippen LogP contribution in [-0.2, 0) is 28.6 Å². The summed E-state index contributed by atoms with van der Waals surface area (Å²) in [5.74, 6) is -1.76. The molecule has 0 fully saturated rings. The monoisotopic (exact) mass is 718 g/mol. The van der Waals surface area contributed by atoms with Crippen LogP contribution in [0.4, 0.5) is 0 Å². The fourth-order valence-corrected chi connectivity index (χ4v) is 5.59. The summed E-state index contributed by atoms with van der Waals surface area (Å²) in [5.41, 5.74) is 0. The van der Waals surface area contributed by atoms with Crippen molar-refractivity contribution < 1.29 is 38.2 Å². The van der Waals surface area contributed by atoms with Crippen molar-refractivity contribution in [2.45, 2.75) is 167 Å². The van der Waals surface area contributed by atoms with Crippen molar-refractivity contribution >= 4 is 17.9 Å². The lowest BCUT2D eigenvalue weighted by Crippen LogP contribution is -2.55. The number of ether oxygens (including phenoxy) is 3. The van der Waals surface area contributed by atoms with Gasteiger partial charge in [-0.3, -0.25) is 9.59 Å². The van der Waals surface area contributed by atoms with E-state index in [-0.39, 0.29) is 42.7 Å². The Hall–Kier alpha value is -2.71. The number of hydrogen-bond acceptors (Lipinski definition) is 7. The van der Waals surface area contributed by atoms with Crippen molar-refractivity contribution in [3.05, 3.63) is 48.6 Å². The molecule has 0 aromatic carbocycles. The van der Waals surface area contributed by atoms with Crippen molar-refractivity contribution in [1.29, 1.82) is 0 Å². The second-order valence-electron chi connectivity index (χ2n) is 14.5. The number of allylic oxidation sites excluding steroid dienone is 8. The van der Waals surface area contributed by atoms with Crippen LogP contribution < -0.4 is 5.11 Å². The Morgan fingerprint density at radius 1 is 0.608 bits per heavy atom. The molecule has 0 aromatic rings. The number of carbonyl (C=O) groups is 3. The molecule has 0 spiro atoms. The normalized spacial score (nSPS) is 13.5. The molecule has 0 saturated heterocycles. The molecule has 2 atom stereocenters. The van der Waals surface area contributed by atoms with Crippen LogP contribution in [0.3, 0.4) is 0 Å². The van der Waals surface area contributed by atoms with E-state index < -0.39 is 18.1 Å². The first kappa shape index (κ1) is 48.3. The van der Waals surface area contributed by atoms with Crippen LogP contribution in [0.25, 0.3) is 0 Å². The molecule has 0 amide bonds. The van der Waals surface area contributed by atoms with Crippen molar-refractivity contribution in [2.24, 2.45) is 0 Å². The van der Waals surface area contributed by atoms with E-state index in [2.05, 4.69) is 62.5 Å². The molecule has 0 aromatic heterocycles. The largest absolute Gasteiger partial charge is 0.544 e. The molecular formula is C43H75NO7. The highest BCUT2D eigenvalue weighted by Crippen LogP contribution is 2.13. The SMILES string of the molecule is CC/C=C\C/C=C\C/C=C\C/C=C\CCCCCCCCCCC(=O)OC(COCCC(C(=O)[O-])[N+](C)(C)C)COC(=O)CCCCCCCC. The zero-order valence-electron chi connectivity index (χ0n) is 33.3. The van der Waals surface area contributed by atoms with E-state index in [0.29, 0.717) is 12.8 Å². The van der Waals surface area contributed by atoms with Gasteiger partial charge in [-0.05, 0) is 51.4 Å². The van der Waals surface area contributed by atoms with Gasteiger partial charge in [0.15, 0.2) is 6.10 Å². The number of quaternary nitrogens is 1. The standard InChI is InChI=1S/C43H75NO7/c1-6-8-10-12-14-15-16-17-18-19-20-21-22-23-24-25-26-27-28-30-32-34-42(46)51-39(37-49-36-35-40(43(47)48)44(3,4)5)38-50-41(45)33-31-29-13-11-9-7-2/h8,10,14-15,17-18,20-21,39-40H,6-7,9,11-13,16,19,22-38H2,1-5H3/b10-8-,15-14-,18-17-,21-20-. The smallest absolute Gasteiger partial charge is 0.306 e. The number of rotatable bonds is 35. The number of nitrogens with zero attached hydrogens (tertiary/aromatic N) is 1. The number of esters is 2. The highest BCUT2D eigenvalue weighted by Gasteiger charge is 2.25. The van der Waals surface area contributed by atoms with Crippen molar-refractivity contribution in [3.63, 3.8) is 0 Å². The maximum Gasteiger partial charge on any atom is 0.306 e. The van der Waals surface area contributed by atoms with Gasteiger partial charge in [0, 0.05) is 19.3 Å². The molecule has 294 valence electrons. The molecule has 51 heavy (non-hydrogen) atoms. The summed E-state index contributed by atoms with van der Waals surface area (Å²) >= 11 is 0. The first-order valence-electron chi connectivity index (χ1n) is 20.2. The second kappa shape index (κ2) is 34.4. The number of carboxylic acids is 1. The lowest BCUT2D eigenvalue weighted by atomic mass is 10.1. The highest BCUT2D eigenvalue weighted by molar-refractivity contribution is 5.70. The predicted octanol–water partition coefficient (Wildman–Crippen LogP) is 9.13. The molecule has 2 unspecified atom stereocenters. The first-order chi connectivity index (χ1) is 24.6. The maximum absolute atomic E-state index is 12.6. The third-order valence-corrected chi connectivity index (χ3v) is 8.73. The van der Waals surface area contributed by atoms with Crippen molar-refractivity contribution in [2.75, 3.05) is 41.0 Å². The molecule has 8 heteroatoms. The van der Waals surface area contributed by atoms with Crippen molar-refractivity contribution in [3.8, 4) is 0 Å². The molecule has 0 radical (unpaired) electrons. The average Bonchev–Trinajstić information content (AvgIpc) is 3.08. The number of likely N-dealkylation sites (N-methyl/N-ethyl adjacent to an activating group) is 1. The van der Waals surface area contributed by atoms with Gasteiger partial charge in [-0.25, -0.2) is 0 Å². The summed E-state index contributed by atoms with van der Waals surface area (Å²) in [6.07, 6.45) is 38.7. The van der Waals surface area contributed by atoms with Gasteiger partial charge in [-0.1, -0.05) is 133 Å². The third-order valence-electron chi connectivity index (χ3n) is 8.73. The van der Waals surface area contributed by atoms with Crippen LogP contribution >= 0.6 is 0 Å². The molecule has 0 aliphatic rings. The topological polar surface area (TPSA) is 102 Å². The van der Waals surface area contributed by atoms with E-state index in [1.165, 1.54) is 51.4 Å². The third kappa shape index (κ3) is 32.9. The van der Waals surface area contributed by atoms with Gasteiger partial charge in [0.25, 0.3) is 0 Å². The molecule has 0 aliphatic heterocycles. The Labute approximate surface area is 312 Å². The van der Waals surface area contributed by atoms with Crippen LogP contribution in [-0.4, -0.2) is 75.5 Å². The fourth-order valence-electron chi connectivity index (χ4n) is 5.59. The second-order valence-corrected chi connectivity index (χ2v) is 14.5. The average molecular weight is 718 g/mol. The summed E-state index contributed by atoms with van der Waals surface area (Å²) in [4.78, 5) is 36.5. The number of hydrogen-bond donors (Lipinski definition) is 0. The van der Waals surface area contributed by atoms with E-state index in [1.807, 2.05) is 0 Å². The Balaban J connectivity index is 4.24. The van der Waals surface area contributed by atoms with Gasteiger partial charge >= 0.3 is 11.9 Å². The number of unbranched alkanes of at least 4 members (excludes halogenated alkanes) is 13. The van der Waals surface area contributed by atoms with Crippen LogP contribution in [0.15, 0.2) is 48.6 Å². The molecule has 0 bridgehead atoms. The van der Waals surface area contributed by atoms with Gasteiger partial charge in [0.1, 0.15) is 12.6 Å². The summed E-state index contributed by atoms with van der Waals surface area (Å²) < 4.78 is 17.0. The summed E-state index contributed by atoms with van der Waals surface area (Å²) in [5, 5.41) is 11.6. The van der Waals surface area contributed by atoms with Crippen molar-refractivity contribution in [1.82, 2.24) is 0 Å². The van der Waals surface area contributed by atoms with Gasteiger partial charge in [0.2, 0.25) is 0 Å². The molecule has 0 aliphatic carbocycles. The number of aliphatic carboxylic acids is 1. The molecule has 0 heterocycles. The Morgan fingerprint density at radius 2 is 1.10 bits per heavy atom. The minimum atomic E-state index is -1.13. The predicted molar refractivity (Wildman–Crippen MR) is 208 cm³/mol. The molecular weight excluding hydrogens is 642 g/mol. The zero-order valence-corrected chi connectivity index (χ0v) is 33.3. The first-order valence-corrected chi connectivity index (χ1v) is 20.2. The van der Waals surface area contributed by atoms with Gasteiger partial charge in [-0.2, -0.15) is 0 Å². The highest BCUT2D eigenvalue weighted by atomic mass is 16.6. The Morgan fingerprint density at radius 3 is 1.63 bits per heavy atom. The van der Waals surface area contributed by atoms with Gasteiger partial charge < -0.3 is 28.6 Å². The molecule has 0 N–H and O–H groups in total. The Kier molecular flexibility index (Phi) is 32.6. The zero-order chi connectivity index (χ0) is 37.8. The molecule has 0 rings (SSSR count). The lowest BCUT2D eigenvalue weighted by Gasteiger charge is -2.34. The molecule has 0 saturated carbocycles. The summed E-state index contributed by atoms with van der Waals surface area (Å²) in [7, 11) is 5.39. The van der Waals surface area contributed by atoms with E-state index in [1.54, 1.807) is 21.1 Å². The number of carboxylic acid groups (broad SMARTS) is 1. The Bertz CT molecular complexity index is 979. The summed E-state index contributed by atoms with van der Waals surface area (Å²) in [6, 6.07) is -0.725. The number of carbonyl (C=O) groups excluding carboxylic acids is 3. The van der Waals surface area contributed by atoms with E-state index in [9.17, 15) is 19.5 Å². The minimum Gasteiger partial charge on any atom is -0.544 e. The summed E-state index contributed by atoms with van der Waals surface area (Å²) in [6.45, 7) is 4.46. The van der Waals surface area contributed by atoms with E-state index in [0.717, 1.165) is 70.6 Å². The van der Waals surface area contributed by atoms with Gasteiger partial charge in [0.05, 0.1) is 40.3 Å². The van der Waals surface area contributed by atoms with Crippen LogP contribution in [0.1, 0.15) is 155 Å². The fraction of sp³-hybridized carbons (Fsp3) is 0.744. The van der Waals surface area contributed by atoms with Crippen LogP contribution in [0.5, 0.6) is 0 Å².